The number of ketones is 1. The standard InChI is InChI=1S/C12H13NO/c13-6-5-9-1-2-10-3-4-12(14)8-11(10)7-9/h7-8,10H,1-5H2. The van der Waals surface area contributed by atoms with Gasteiger partial charge in [0.2, 0.25) is 0 Å². The predicted octanol–water partition coefficient (Wildman–Crippen LogP) is 2.53. The average molecular weight is 187 g/mol. The van der Waals surface area contributed by atoms with Crippen LogP contribution in [-0.4, -0.2) is 5.78 Å². The molecule has 0 aliphatic heterocycles. The van der Waals surface area contributed by atoms with Crippen LogP contribution >= 0.6 is 0 Å². The molecule has 0 spiro atoms. The molecule has 1 atom stereocenters. The first kappa shape index (κ1) is 9.21. The van der Waals surface area contributed by atoms with Gasteiger partial charge < -0.3 is 0 Å². The number of nitrogens with zero attached hydrogens (tertiary/aromatic N) is 1. The van der Waals surface area contributed by atoms with Crippen LogP contribution in [0, 0.1) is 17.2 Å². The largest absolute Gasteiger partial charge is 0.295 e. The number of hydrogen-bond donors (Lipinski definition) is 0. The minimum Gasteiger partial charge on any atom is -0.295 e. The second-order valence-electron chi connectivity index (χ2n) is 4.02. The lowest BCUT2D eigenvalue weighted by atomic mass is 9.78. The molecule has 0 aromatic carbocycles. The van der Waals surface area contributed by atoms with Crippen molar-refractivity contribution in [2.75, 3.05) is 0 Å². The van der Waals surface area contributed by atoms with E-state index in [4.69, 9.17) is 5.26 Å². The topological polar surface area (TPSA) is 40.9 Å². The Morgan fingerprint density at radius 1 is 1.36 bits per heavy atom. The molecule has 14 heavy (non-hydrogen) atoms. The third kappa shape index (κ3) is 1.77. The summed E-state index contributed by atoms with van der Waals surface area (Å²) in [6.07, 6.45) is 8.20. The van der Waals surface area contributed by atoms with E-state index >= 15 is 0 Å². The van der Waals surface area contributed by atoms with E-state index in [1.807, 2.05) is 0 Å². The third-order valence-corrected chi connectivity index (χ3v) is 3.03. The Labute approximate surface area is 83.9 Å². The van der Waals surface area contributed by atoms with Crippen molar-refractivity contribution in [1.82, 2.24) is 0 Å². The van der Waals surface area contributed by atoms with E-state index in [-0.39, 0.29) is 5.78 Å². The van der Waals surface area contributed by atoms with Crippen LogP contribution in [0.4, 0.5) is 0 Å². The zero-order valence-electron chi connectivity index (χ0n) is 8.12. The zero-order valence-corrected chi connectivity index (χ0v) is 8.12. The zero-order chi connectivity index (χ0) is 9.97. The summed E-state index contributed by atoms with van der Waals surface area (Å²) >= 11 is 0. The lowest BCUT2D eigenvalue weighted by Gasteiger charge is -2.26. The van der Waals surface area contributed by atoms with Crippen LogP contribution in [0.5, 0.6) is 0 Å². The maximum atomic E-state index is 11.2. The molecule has 1 unspecified atom stereocenters. The summed E-state index contributed by atoms with van der Waals surface area (Å²) in [5, 5.41) is 8.59. The monoisotopic (exact) mass is 187 g/mol. The third-order valence-electron chi connectivity index (χ3n) is 3.03. The van der Waals surface area contributed by atoms with E-state index in [0.717, 1.165) is 24.8 Å². The average Bonchev–Trinajstić information content (AvgIpc) is 2.17. The molecular weight excluding hydrogens is 174 g/mol. The van der Waals surface area contributed by atoms with E-state index in [9.17, 15) is 4.79 Å². The summed E-state index contributed by atoms with van der Waals surface area (Å²) in [5.74, 6) is 0.820. The van der Waals surface area contributed by atoms with Crippen LogP contribution < -0.4 is 0 Å². The number of fused-ring (bicyclic) bond motifs is 1. The quantitative estimate of drug-likeness (QED) is 0.633. The molecule has 0 amide bonds. The second-order valence-corrected chi connectivity index (χ2v) is 4.02. The Morgan fingerprint density at radius 2 is 2.14 bits per heavy atom. The molecule has 2 rings (SSSR count). The molecule has 0 radical (unpaired) electrons. The highest BCUT2D eigenvalue weighted by Crippen LogP contribution is 2.35. The van der Waals surface area contributed by atoms with E-state index in [1.165, 1.54) is 5.57 Å². The normalized spacial score (nSPS) is 25.9. The molecule has 72 valence electrons. The van der Waals surface area contributed by atoms with Crippen molar-refractivity contribution in [1.29, 1.82) is 5.26 Å². The Hall–Kier alpha value is -1.36. The van der Waals surface area contributed by atoms with Gasteiger partial charge in [-0.3, -0.25) is 4.79 Å². The van der Waals surface area contributed by atoms with Crippen molar-refractivity contribution in [3.05, 3.63) is 23.3 Å². The van der Waals surface area contributed by atoms with Gasteiger partial charge in [-0.2, -0.15) is 5.26 Å². The highest BCUT2D eigenvalue weighted by Gasteiger charge is 2.23. The molecule has 0 N–H and O–H groups in total. The van der Waals surface area contributed by atoms with Gasteiger partial charge >= 0.3 is 0 Å². The van der Waals surface area contributed by atoms with Crippen LogP contribution in [0.25, 0.3) is 0 Å². The molecule has 0 saturated heterocycles. The van der Waals surface area contributed by atoms with Crippen LogP contribution in [0.2, 0.25) is 0 Å². The summed E-state index contributed by atoms with van der Waals surface area (Å²) in [5.41, 5.74) is 2.35. The van der Waals surface area contributed by atoms with Gasteiger partial charge in [-0.25, -0.2) is 0 Å². The first-order chi connectivity index (χ1) is 6.79. The lowest BCUT2D eigenvalue weighted by Crippen LogP contribution is -2.16. The molecule has 0 heterocycles. The smallest absolute Gasteiger partial charge is 0.155 e. The molecule has 0 aromatic heterocycles. The maximum Gasteiger partial charge on any atom is 0.155 e. The highest BCUT2D eigenvalue weighted by molar-refractivity contribution is 5.91. The van der Waals surface area contributed by atoms with E-state index in [0.29, 0.717) is 18.8 Å². The fourth-order valence-corrected chi connectivity index (χ4v) is 2.24. The van der Waals surface area contributed by atoms with E-state index < -0.39 is 0 Å². The van der Waals surface area contributed by atoms with Crippen LogP contribution in [0.3, 0.4) is 0 Å². The molecule has 0 aromatic rings. The van der Waals surface area contributed by atoms with Gasteiger partial charge in [0.1, 0.15) is 0 Å². The van der Waals surface area contributed by atoms with Crippen molar-refractivity contribution in [3.8, 4) is 6.07 Å². The van der Waals surface area contributed by atoms with Gasteiger partial charge in [-0.1, -0.05) is 11.6 Å². The molecule has 0 bridgehead atoms. The number of hydrogen-bond acceptors (Lipinski definition) is 2. The summed E-state index contributed by atoms with van der Waals surface area (Å²) < 4.78 is 0. The van der Waals surface area contributed by atoms with E-state index in [2.05, 4.69) is 12.1 Å². The van der Waals surface area contributed by atoms with Gasteiger partial charge in [0, 0.05) is 6.42 Å². The van der Waals surface area contributed by atoms with E-state index in [1.54, 1.807) is 6.08 Å². The summed E-state index contributed by atoms with van der Waals surface area (Å²) in [4.78, 5) is 11.2. The fourth-order valence-electron chi connectivity index (χ4n) is 2.24. The summed E-state index contributed by atoms with van der Waals surface area (Å²) in [6.45, 7) is 0. The van der Waals surface area contributed by atoms with Crippen molar-refractivity contribution < 1.29 is 4.79 Å². The number of allylic oxidation sites excluding steroid dienone is 4. The number of rotatable bonds is 1. The predicted molar refractivity (Wildman–Crippen MR) is 53.4 cm³/mol. The van der Waals surface area contributed by atoms with Gasteiger partial charge in [0.25, 0.3) is 0 Å². The minimum atomic E-state index is 0.241. The molecular formula is C12H13NO. The number of carbonyl (C=O) groups is 1. The molecule has 2 aliphatic rings. The molecule has 0 saturated carbocycles. The van der Waals surface area contributed by atoms with Gasteiger partial charge in [-0.15, -0.1) is 0 Å². The minimum absolute atomic E-state index is 0.241. The number of carbonyl (C=O) groups excluding carboxylic acids is 1. The van der Waals surface area contributed by atoms with Crippen molar-refractivity contribution in [2.24, 2.45) is 5.92 Å². The van der Waals surface area contributed by atoms with Crippen LogP contribution in [0.15, 0.2) is 23.3 Å². The Morgan fingerprint density at radius 3 is 2.93 bits per heavy atom. The van der Waals surface area contributed by atoms with Crippen molar-refractivity contribution >= 4 is 5.78 Å². The second kappa shape index (κ2) is 3.79. The Kier molecular flexibility index (Phi) is 2.49. The molecule has 2 aliphatic carbocycles. The van der Waals surface area contributed by atoms with Crippen LogP contribution in [-0.2, 0) is 4.79 Å². The molecule has 0 fully saturated rings. The molecule has 2 heteroatoms. The highest BCUT2D eigenvalue weighted by atomic mass is 16.1. The Bertz CT molecular complexity index is 357. The summed E-state index contributed by atoms with van der Waals surface area (Å²) in [7, 11) is 0. The van der Waals surface area contributed by atoms with Crippen LogP contribution in [0.1, 0.15) is 32.1 Å². The fraction of sp³-hybridized carbons (Fsp3) is 0.500. The van der Waals surface area contributed by atoms with Crippen molar-refractivity contribution in [3.63, 3.8) is 0 Å². The lowest BCUT2D eigenvalue weighted by molar-refractivity contribution is -0.115. The summed E-state index contributed by atoms with van der Waals surface area (Å²) in [6, 6.07) is 2.16. The molecule has 2 nitrogen and oxygen atoms in total. The van der Waals surface area contributed by atoms with Gasteiger partial charge in [0.05, 0.1) is 12.5 Å². The number of nitriles is 1. The van der Waals surface area contributed by atoms with Gasteiger partial charge in [0.15, 0.2) is 5.78 Å². The van der Waals surface area contributed by atoms with Gasteiger partial charge in [-0.05, 0) is 36.8 Å². The Balaban J connectivity index is 2.23. The van der Waals surface area contributed by atoms with Crippen molar-refractivity contribution in [2.45, 2.75) is 32.1 Å². The maximum absolute atomic E-state index is 11.2. The first-order valence-electron chi connectivity index (χ1n) is 5.10. The first-order valence-corrected chi connectivity index (χ1v) is 5.10. The SMILES string of the molecule is N#CCC1=CC2=CC(=O)CCC2CC1.